The summed E-state index contributed by atoms with van der Waals surface area (Å²) in [5.41, 5.74) is 0. The van der Waals surface area contributed by atoms with Crippen LogP contribution in [0.1, 0.15) is 406 Å². The maximum Gasteiger partial charge on any atom is 0.306 e. The van der Waals surface area contributed by atoms with E-state index in [9.17, 15) is 19.5 Å². The minimum Gasteiger partial charge on any atom is -0.545 e. The van der Waals surface area contributed by atoms with Crippen LogP contribution < -0.4 is 5.11 Å². The first-order chi connectivity index (χ1) is 42.1. The van der Waals surface area contributed by atoms with Crippen LogP contribution in [0.15, 0.2) is 12.2 Å². The number of unbranched alkanes of at least 4 members (excludes halogenated alkanes) is 56. The minimum absolute atomic E-state index is 0.153. The van der Waals surface area contributed by atoms with Gasteiger partial charge in [0.1, 0.15) is 13.2 Å². The number of nitrogens with zero attached hydrogens (tertiary/aromatic N) is 1. The Bertz CT molecular complexity index is 1410. The molecule has 0 aromatic carbocycles. The predicted molar refractivity (Wildman–Crippen MR) is 367 cm³/mol. The number of carboxylic acids is 1. The molecule has 0 saturated carbocycles. The molecule has 2 atom stereocenters. The van der Waals surface area contributed by atoms with Crippen LogP contribution in [0.5, 0.6) is 0 Å². The molecule has 0 bridgehead atoms. The van der Waals surface area contributed by atoms with E-state index in [0.29, 0.717) is 17.4 Å². The third-order valence-electron chi connectivity index (χ3n) is 17.8. The third kappa shape index (κ3) is 69.5. The zero-order valence-electron chi connectivity index (χ0n) is 58.5. The molecular weight excluding hydrogens is 1070 g/mol. The number of likely N-dealkylation sites (N-methyl/N-ethyl adjacent to an activating group) is 1. The van der Waals surface area contributed by atoms with Gasteiger partial charge in [0.2, 0.25) is 0 Å². The second-order valence-electron chi connectivity index (χ2n) is 27.7. The number of carbonyl (C=O) groups is 3. The van der Waals surface area contributed by atoms with Gasteiger partial charge in [-0.3, -0.25) is 9.59 Å². The second kappa shape index (κ2) is 68.9. The fraction of sp³-hybridized carbons (Fsp3) is 0.935. The van der Waals surface area contributed by atoms with E-state index in [1.165, 1.54) is 340 Å². The van der Waals surface area contributed by atoms with Crippen LogP contribution in [0, 0.1) is 0 Å². The molecule has 0 spiro atoms. The average Bonchev–Trinajstić information content (AvgIpc) is 3.64. The third-order valence-corrected chi connectivity index (χ3v) is 17.8. The van der Waals surface area contributed by atoms with Crippen molar-refractivity contribution < 1.29 is 42.9 Å². The molecule has 0 aliphatic carbocycles. The van der Waals surface area contributed by atoms with Crippen LogP contribution in [-0.2, 0) is 33.3 Å². The number of hydrogen-bond acceptors (Lipinski definition) is 8. The van der Waals surface area contributed by atoms with Crippen LogP contribution in [0.25, 0.3) is 0 Å². The van der Waals surface area contributed by atoms with Gasteiger partial charge in [0, 0.05) is 12.8 Å². The minimum atomic E-state index is -1.62. The number of allylic oxidation sites excluding steroid dienone is 2. The lowest BCUT2D eigenvalue weighted by atomic mass is 10.0. The van der Waals surface area contributed by atoms with Crippen LogP contribution in [0.4, 0.5) is 0 Å². The van der Waals surface area contributed by atoms with Crippen molar-refractivity contribution in [3.8, 4) is 0 Å². The normalized spacial score (nSPS) is 12.6. The molecule has 0 N–H and O–H groups in total. The Balaban J connectivity index is 3.98. The summed E-state index contributed by atoms with van der Waals surface area (Å²) in [5, 5.41) is 11.8. The van der Waals surface area contributed by atoms with Gasteiger partial charge in [-0.2, -0.15) is 0 Å². The Morgan fingerprint density at radius 3 is 0.860 bits per heavy atom. The molecule has 2 unspecified atom stereocenters. The van der Waals surface area contributed by atoms with Gasteiger partial charge in [0.15, 0.2) is 12.4 Å². The summed E-state index contributed by atoms with van der Waals surface area (Å²) in [5.74, 6) is -2.24. The van der Waals surface area contributed by atoms with Crippen molar-refractivity contribution in [3.05, 3.63) is 12.2 Å². The van der Waals surface area contributed by atoms with E-state index in [0.717, 1.165) is 38.5 Å². The topological polar surface area (TPSA) is 111 Å². The lowest BCUT2D eigenvalue weighted by molar-refractivity contribution is -0.870. The highest BCUT2D eigenvalue weighted by molar-refractivity contribution is 5.70. The smallest absolute Gasteiger partial charge is 0.306 e. The van der Waals surface area contributed by atoms with Gasteiger partial charge < -0.3 is 33.3 Å². The molecule has 0 aromatic heterocycles. The molecule has 9 nitrogen and oxygen atoms in total. The number of carbonyl (C=O) groups excluding carboxylic acids is 3. The first kappa shape index (κ1) is 84.0. The summed E-state index contributed by atoms with van der Waals surface area (Å²) >= 11 is 0. The largest absolute Gasteiger partial charge is 0.545 e. The predicted octanol–water partition coefficient (Wildman–Crippen LogP) is 22.6. The summed E-state index contributed by atoms with van der Waals surface area (Å²) in [6.45, 7) is 4.84. The molecule has 0 saturated heterocycles. The van der Waals surface area contributed by atoms with Gasteiger partial charge in [0.25, 0.3) is 0 Å². The summed E-state index contributed by atoms with van der Waals surface area (Å²) in [7, 11) is 5.95. The lowest BCUT2D eigenvalue weighted by Crippen LogP contribution is -2.44. The number of ether oxygens (including phenoxy) is 4. The van der Waals surface area contributed by atoms with Gasteiger partial charge in [-0.1, -0.05) is 366 Å². The number of rotatable bonds is 73. The van der Waals surface area contributed by atoms with Gasteiger partial charge in [-0.15, -0.1) is 0 Å². The van der Waals surface area contributed by atoms with Gasteiger partial charge in [0.05, 0.1) is 40.3 Å². The molecule has 0 radical (unpaired) electrons. The van der Waals surface area contributed by atoms with E-state index in [4.69, 9.17) is 18.9 Å². The summed E-state index contributed by atoms with van der Waals surface area (Å²) in [6.07, 6.45) is 81.9. The molecule has 86 heavy (non-hydrogen) atoms. The fourth-order valence-corrected chi connectivity index (χ4v) is 11.9. The highest BCUT2D eigenvalue weighted by Gasteiger charge is 2.22. The van der Waals surface area contributed by atoms with Gasteiger partial charge >= 0.3 is 11.9 Å². The molecule has 0 rings (SSSR count). The monoisotopic (exact) mass is 1220 g/mol. The van der Waals surface area contributed by atoms with Crippen LogP contribution in [0.3, 0.4) is 0 Å². The summed E-state index contributed by atoms with van der Waals surface area (Å²) in [6, 6.07) is 0. The Labute approximate surface area is 535 Å². The Hall–Kier alpha value is -1.97. The summed E-state index contributed by atoms with van der Waals surface area (Å²) in [4.78, 5) is 37.5. The highest BCUT2D eigenvalue weighted by atomic mass is 16.7. The van der Waals surface area contributed by atoms with Crippen molar-refractivity contribution in [2.24, 2.45) is 0 Å². The fourth-order valence-electron chi connectivity index (χ4n) is 11.9. The zero-order valence-corrected chi connectivity index (χ0v) is 58.5. The first-order valence-corrected chi connectivity index (χ1v) is 38.3. The van der Waals surface area contributed by atoms with Gasteiger partial charge in [-0.05, 0) is 38.5 Å². The first-order valence-electron chi connectivity index (χ1n) is 38.3. The van der Waals surface area contributed by atoms with Crippen LogP contribution in [0.2, 0.25) is 0 Å². The molecule has 0 aromatic rings. The van der Waals surface area contributed by atoms with Crippen molar-refractivity contribution in [2.45, 2.75) is 418 Å². The molecule has 510 valence electrons. The standard InChI is InChI=1S/C77H149NO8/c1-6-8-10-12-14-16-18-20-22-24-26-28-30-32-34-35-36-37-38-39-40-41-42-44-46-48-50-52-54-56-58-60-62-64-66-68-75(80)86-73(72-85-77(76(81)82)83-70-69-78(3,4)5)71-84-74(79)67-65-63-61-59-57-55-53-51-49-47-45-43-33-31-29-27-25-23-21-19-17-15-13-11-9-7-2/h24,26,73,77H,6-23,25,27-72H2,1-5H3/b26-24-. The zero-order chi connectivity index (χ0) is 62.6. The van der Waals surface area contributed by atoms with Gasteiger partial charge in [-0.25, -0.2) is 0 Å². The quantitative estimate of drug-likeness (QED) is 0.0195. The molecular formula is C77H149NO8. The number of aliphatic carboxylic acids is 1. The van der Waals surface area contributed by atoms with Crippen molar-refractivity contribution in [2.75, 3.05) is 47.5 Å². The Morgan fingerprint density at radius 2 is 0.593 bits per heavy atom. The average molecular weight is 1220 g/mol. The van der Waals surface area contributed by atoms with Crippen molar-refractivity contribution in [1.29, 1.82) is 0 Å². The molecule has 0 aliphatic heterocycles. The SMILES string of the molecule is CCCCCCCCCC/C=C\CCCCCCCCCCCCCCCCCCCCCCCCCC(=O)OC(COC(=O)CCCCCCCCCCCCCCCCCCCCCCCCCCCC)COC(OCC[N+](C)(C)C)C(=O)[O-]. The van der Waals surface area contributed by atoms with E-state index in [-0.39, 0.29) is 32.2 Å². The molecule has 0 heterocycles. The summed E-state index contributed by atoms with van der Waals surface area (Å²) < 4.78 is 22.9. The van der Waals surface area contributed by atoms with E-state index >= 15 is 0 Å². The maximum absolute atomic E-state index is 13.0. The Morgan fingerprint density at radius 1 is 0.337 bits per heavy atom. The van der Waals surface area contributed by atoms with E-state index in [1.807, 2.05) is 21.1 Å². The molecule has 0 fully saturated rings. The maximum atomic E-state index is 13.0. The molecule has 0 aliphatic rings. The molecule has 9 heteroatoms. The molecule has 0 amide bonds. The van der Waals surface area contributed by atoms with E-state index in [2.05, 4.69) is 26.0 Å². The van der Waals surface area contributed by atoms with E-state index < -0.39 is 24.3 Å². The van der Waals surface area contributed by atoms with Crippen molar-refractivity contribution in [3.63, 3.8) is 0 Å². The van der Waals surface area contributed by atoms with Crippen molar-refractivity contribution >= 4 is 17.9 Å². The second-order valence-corrected chi connectivity index (χ2v) is 27.7. The van der Waals surface area contributed by atoms with E-state index in [1.54, 1.807) is 0 Å². The highest BCUT2D eigenvalue weighted by Crippen LogP contribution is 2.20. The Kier molecular flexibility index (Phi) is 67.4. The van der Waals surface area contributed by atoms with Crippen LogP contribution >= 0.6 is 0 Å². The van der Waals surface area contributed by atoms with Crippen molar-refractivity contribution in [1.82, 2.24) is 0 Å². The number of carboxylic acid groups (broad SMARTS) is 1. The number of quaternary nitrogens is 1. The number of hydrogen-bond donors (Lipinski definition) is 0. The van der Waals surface area contributed by atoms with Crippen LogP contribution in [-0.4, -0.2) is 82.3 Å². The lowest BCUT2D eigenvalue weighted by Gasteiger charge is -2.26. The number of esters is 2.